The Balaban J connectivity index is 1.31. The number of carbonyl (C=O) groups is 1. The molecular weight excluding hydrogens is 422 g/mol. The second kappa shape index (κ2) is 8.42. The summed E-state index contributed by atoms with van der Waals surface area (Å²) < 4.78 is 17.9. The maximum absolute atomic E-state index is 12.3. The first-order valence-electron chi connectivity index (χ1n) is 8.41. The highest BCUT2D eigenvalue weighted by Crippen LogP contribution is 2.36. The third kappa shape index (κ3) is 4.43. The van der Waals surface area contributed by atoms with Crippen LogP contribution in [0.1, 0.15) is 16.9 Å². The maximum atomic E-state index is 12.3. The van der Waals surface area contributed by atoms with Crippen molar-refractivity contribution in [3.8, 4) is 11.5 Å². The highest BCUT2D eigenvalue weighted by atomic mass is 35.5. The van der Waals surface area contributed by atoms with E-state index >= 15 is 0 Å². The smallest absolute Gasteiger partial charge is 0.277 e. The van der Waals surface area contributed by atoms with Crippen molar-refractivity contribution in [1.29, 1.82) is 0 Å². The van der Waals surface area contributed by atoms with Gasteiger partial charge < -0.3 is 18.8 Å². The van der Waals surface area contributed by atoms with Gasteiger partial charge in [-0.25, -0.2) is 0 Å². The molecule has 0 fully saturated rings. The van der Waals surface area contributed by atoms with E-state index in [1.165, 1.54) is 23.1 Å². The van der Waals surface area contributed by atoms with Crippen molar-refractivity contribution in [1.82, 2.24) is 15.1 Å². The minimum absolute atomic E-state index is 0.0413. The number of aromatic nitrogens is 2. The van der Waals surface area contributed by atoms with Gasteiger partial charge in [-0.15, -0.1) is 21.5 Å². The number of hydrogen-bond donors (Lipinski definition) is 0. The number of fused-ring (bicyclic) bond motifs is 1. The minimum Gasteiger partial charge on any atom is -0.485 e. The summed E-state index contributed by atoms with van der Waals surface area (Å²) in [5.41, 5.74) is 0. The van der Waals surface area contributed by atoms with Crippen LogP contribution in [0.2, 0.25) is 4.34 Å². The zero-order valence-electron chi connectivity index (χ0n) is 14.8. The van der Waals surface area contributed by atoms with Gasteiger partial charge in [0.1, 0.15) is 6.61 Å². The quantitative estimate of drug-likeness (QED) is 0.538. The zero-order chi connectivity index (χ0) is 19.5. The molecule has 0 saturated heterocycles. The Bertz CT molecular complexity index is 977. The lowest BCUT2D eigenvalue weighted by Gasteiger charge is -2.23. The van der Waals surface area contributed by atoms with Gasteiger partial charge in [0.05, 0.1) is 16.6 Å². The first-order valence-corrected chi connectivity index (χ1v) is 10.6. The summed E-state index contributed by atoms with van der Waals surface area (Å²) in [6.45, 7) is 0.798. The number of benzene rings is 1. The molecule has 3 aromatic rings. The van der Waals surface area contributed by atoms with Crippen LogP contribution in [0.15, 0.2) is 46.0 Å². The fourth-order valence-electron chi connectivity index (χ4n) is 2.54. The molecule has 0 unspecified atom stereocenters. The highest BCUT2D eigenvalue weighted by molar-refractivity contribution is 7.99. The van der Waals surface area contributed by atoms with Crippen LogP contribution < -0.4 is 9.47 Å². The first kappa shape index (κ1) is 19.1. The topological polar surface area (TPSA) is 77.7 Å². The van der Waals surface area contributed by atoms with Crippen LogP contribution in [-0.2, 0) is 11.3 Å². The van der Waals surface area contributed by atoms with E-state index in [4.69, 9.17) is 25.5 Å². The molecular formula is C18H16ClN3O4S2. The third-order valence-corrected chi connectivity index (χ3v) is 5.99. The van der Waals surface area contributed by atoms with Gasteiger partial charge in [0.15, 0.2) is 11.5 Å². The second-order valence-corrected chi connectivity index (χ2v) is 8.74. The van der Waals surface area contributed by atoms with Gasteiger partial charge in [0.2, 0.25) is 12.0 Å². The van der Waals surface area contributed by atoms with E-state index in [-0.39, 0.29) is 18.3 Å². The lowest BCUT2D eigenvalue weighted by molar-refractivity contribution is -0.127. The minimum atomic E-state index is -0.473. The molecule has 4 rings (SSSR count). The van der Waals surface area contributed by atoms with Crippen molar-refractivity contribution in [3.05, 3.63) is 51.5 Å². The van der Waals surface area contributed by atoms with Crippen LogP contribution in [0.3, 0.4) is 0 Å². The van der Waals surface area contributed by atoms with Gasteiger partial charge in [0, 0.05) is 11.9 Å². The fraction of sp³-hybridized carbons (Fsp3) is 0.278. The lowest BCUT2D eigenvalue weighted by Crippen LogP contribution is -2.27. The van der Waals surface area contributed by atoms with Crippen molar-refractivity contribution in [2.45, 2.75) is 17.9 Å². The zero-order valence-corrected chi connectivity index (χ0v) is 17.2. The predicted octanol–water partition coefficient (Wildman–Crippen LogP) is 4.05. The number of amides is 1. The molecule has 1 aliphatic heterocycles. The Labute approximate surface area is 174 Å². The average Bonchev–Trinajstić information content (AvgIpc) is 3.34. The van der Waals surface area contributed by atoms with Gasteiger partial charge >= 0.3 is 0 Å². The molecule has 0 N–H and O–H groups in total. The van der Waals surface area contributed by atoms with Crippen molar-refractivity contribution in [2.75, 3.05) is 19.4 Å². The first-order chi connectivity index (χ1) is 13.6. The summed E-state index contributed by atoms with van der Waals surface area (Å²) in [5, 5.41) is 8.33. The van der Waals surface area contributed by atoms with Gasteiger partial charge in [-0.2, -0.15) is 0 Å². The molecule has 7 nitrogen and oxygen atoms in total. The summed E-state index contributed by atoms with van der Waals surface area (Å²) in [6.07, 6.45) is -0.473. The van der Waals surface area contributed by atoms with Crippen LogP contribution in [0.5, 0.6) is 11.5 Å². The highest BCUT2D eigenvalue weighted by Gasteiger charge is 2.27. The van der Waals surface area contributed by atoms with Crippen LogP contribution >= 0.6 is 34.7 Å². The van der Waals surface area contributed by atoms with E-state index in [2.05, 4.69) is 10.2 Å². The third-order valence-electron chi connectivity index (χ3n) is 3.97. The number of thioether (sulfide) groups is 1. The van der Waals surface area contributed by atoms with E-state index in [1.807, 2.05) is 36.4 Å². The number of halogens is 1. The van der Waals surface area contributed by atoms with Crippen LogP contribution in [0.25, 0.3) is 0 Å². The van der Waals surface area contributed by atoms with Gasteiger partial charge in [-0.05, 0) is 24.3 Å². The summed E-state index contributed by atoms with van der Waals surface area (Å²) in [7, 11) is 1.75. The number of nitrogens with zero attached hydrogens (tertiary/aromatic N) is 3. The largest absolute Gasteiger partial charge is 0.485 e. The molecule has 2 aromatic heterocycles. The van der Waals surface area contributed by atoms with E-state index < -0.39 is 6.10 Å². The SMILES string of the molecule is CN(Cc1ccc(Cl)s1)C(=O)CSc1nnc([C@@H]2COc3ccccc3O2)o1. The summed E-state index contributed by atoms with van der Waals surface area (Å²) in [4.78, 5) is 15.0. The number of thiophene rings is 1. The van der Waals surface area contributed by atoms with Crippen molar-refractivity contribution < 1.29 is 18.7 Å². The molecule has 28 heavy (non-hydrogen) atoms. The van der Waals surface area contributed by atoms with Crippen LogP contribution in [0, 0.1) is 0 Å². The molecule has 0 radical (unpaired) electrons. The van der Waals surface area contributed by atoms with Gasteiger partial charge in [-0.1, -0.05) is 35.5 Å². The fourth-order valence-corrected chi connectivity index (χ4v) is 4.39. The van der Waals surface area contributed by atoms with Crippen LogP contribution in [0.4, 0.5) is 0 Å². The molecule has 1 aliphatic rings. The second-order valence-electron chi connectivity index (χ2n) is 6.01. The summed E-state index contributed by atoms with van der Waals surface area (Å²) in [5.74, 6) is 1.80. The standard InChI is InChI=1S/C18H16ClN3O4S2/c1-22(8-11-6-7-15(19)28-11)16(23)10-27-18-21-20-17(26-18)14-9-24-12-4-2-3-5-13(12)25-14/h2-7,14H,8-10H2,1H3/t14-/m0/s1. The molecule has 0 bridgehead atoms. The Kier molecular flexibility index (Phi) is 5.74. The molecule has 1 amide bonds. The Morgan fingerprint density at radius 2 is 2.11 bits per heavy atom. The van der Waals surface area contributed by atoms with Crippen molar-refractivity contribution >= 4 is 40.6 Å². The number of para-hydroxylation sites is 2. The maximum Gasteiger partial charge on any atom is 0.277 e. The lowest BCUT2D eigenvalue weighted by atomic mass is 10.2. The molecule has 10 heteroatoms. The molecule has 3 heterocycles. The van der Waals surface area contributed by atoms with E-state index in [1.54, 1.807) is 11.9 Å². The normalized spacial score (nSPS) is 15.4. The Morgan fingerprint density at radius 3 is 2.89 bits per heavy atom. The number of carbonyl (C=O) groups excluding carboxylic acids is 1. The predicted molar refractivity (Wildman–Crippen MR) is 106 cm³/mol. The molecule has 146 valence electrons. The van der Waals surface area contributed by atoms with Gasteiger partial charge in [-0.3, -0.25) is 4.79 Å². The van der Waals surface area contributed by atoms with Crippen molar-refractivity contribution in [3.63, 3.8) is 0 Å². The van der Waals surface area contributed by atoms with Crippen LogP contribution in [-0.4, -0.2) is 40.4 Å². The monoisotopic (exact) mass is 437 g/mol. The molecule has 0 aliphatic carbocycles. The Hall–Kier alpha value is -2.23. The molecule has 0 spiro atoms. The van der Waals surface area contributed by atoms with E-state index in [0.29, 0.717) is 33.5 Å². The average molecular weight is 438 g/mol. The van der Waals surface area contributed by atoms with Crippen molar-refractivity contribution in [2.24, 2.45) is 0 Å². The number of hydrogen-bond acceptors (Lipinski definition) is 8. The Morgan fingerprint density at radius 1 is 1.29 bits per heavy atom. The summed E-state index contributed by atoms with van der Waals surface area (Å²) >= 11 is 8.58. The van der Waals surface area contributed by atoms with E-state index in [0.717, 1.165) is 4.88 Å². The molecule has 0 saturated carbocycles. The number of rotatable bonds is 6. The van der Waals surface area contributed by atoms with Gasteiger partial charge in [0.25, 0.3) is 11.1 Å². The molecule has 1 atom stereocenters. The van der Waals surface area contributed by atoms with E-state index in [9.17, 15) is 4.79 Å². The molecule has 1 aromatic carbocycles. The summed E-state index contributed by atoms with van der Waals surface area (Å²) in [6, 6.07) is 11.1. The number of ether oxygens (including phenoxy) is 2.